The van der Waals surface area contributed by atoms with E-state index in [4.69, 9.17) is 4.74 Å². The molecule has 0 spiro atoms. The number of esters is 1. The minimum Gasteiger partial charge on any atom is -0.426 e. The lowest BCUT2D eigenvalue weighted by molar-refractivity contribution is -0.135. The van der Waals surface area contributed by atoms with Crippen molar-refractivity contribution in [3.05, 3.63) is 41.0 Å². The Labute approximate surface area is 135 Å². The summed E-state index contributed by atoms with van der Waals surface area (Å²) in [4.78, 5) is 12.1. The van der Waals surface area contributed by atoms with Gasteiger partial charge in [-0.1, -0.05) is 44.6 Å². The maximum Gasteiger partial charge on any atom is 0.311 e. The van der Waals surface area contributed by atoms with E-state index in [1.807, 2.05) is 19.1 Å². The molecule has 0 aliphatic rings. The molecule has 2 nitrogen and oxygen atoms in total. The van der Waals surface area contributed by atoms with E-state index >= 15 is 0 Å². The summed E-state index contributed by atoms with van der Waals surface area (Å²) < 4.78 is 5.58. The molecule has 0 amide bonds. The van der Waals surface area contributed by atoms with Gasteiger partial charge in [0.25, 0.3) is 0 Å². The van der Waals surface area contributed by atoms with E-state index in [0.29, 0.717) is 24.0 Å². The van der Waals surface area contributed by atoms with Crippen molar-refractivity contribution in [1.29, 1.82) is 0 Å². The van der Waals surface area contributed by atoms with Gasteiger partial charge in [-0.05, 0) is 62.6 Å². The molecule has 0 aromatic heterocycles. The molecule has 0 aliphatic carbocycles. The van der Waals surface area contributed by atoms with E-state index in [1.54, 1.807) is 0 Å². The van der Waals surface area contributed by atoms with Gasteiger partial charge < -0.3 is 4.74 Å². The van der Waals surface area contributed by atoms with Crippen LogP contribution < -0.4 is 4.74 Å². The fourth-order valence-corrected chi connectivity index (χ4v) is 2.29. The summed E-state index contributed by atoms with van der Waals surface area (Å²) in [6.07, 6.45) is 4.74. The number of benzene rings is 1. The van der Waals surface area contributed by atoms with E-state index < -0.39 is 0 Å². The van der Waals surface area contributed by atoms with Crippen LogP contribution in [0, 0.1) is 12.8 Å². The highest BCUT2D eigenvalue weighted by Gasteiger charge is 2.13. The third-order valence-electron chi connectivity index (χ3n) is 3.83. The van der Waals surface area contributed by atoms with Crippen molar-refractivity contribution < 1.29 is 9.53 Å². The Kier molecular flexibility index (Phi) is 7.37. The second-order valence-electron chi connectivity index (χ2n) is 6.82. The first-order valence-electron chi connectivity index (χ1n) is 8.24. The molecular formula is C20H30O2. The average molecular weight is 302 g/mol. The van der Waals surface area contributed by atoms with Crippen LogP contribution in [-0.4, -0.2) is 5.97 Å². The molecule has 1 atom stereocenters. The zero-order chi connectivity index (χ0) is 16.7. The van der Waals surface area contributed by atoms with Gasteiger partial charge in [-0.2, -0.15) is 0 Å². The third-order valence-corrected chi connectivity index (χ3v) is 3.83. The number of ether oxygens (including phenoxy) is 1. The lowest BCUT2D eigenvalue weighted by atomic mass is 10.0. The number of rotatable bonds is 7. The monoisotopic (exact) mass is 302 g/mol. The first kappa shape index (κ1) is 18.5. The highest BCUT2D eigenvalue weighted by atomic mass is 16.5. The van der Waals surface area contributed by atoms with Crippen LogP contribution in [-0.2, 0) is 4.79 Å². The molecular weight excluding hydrogens is 272 g/mol. The van der Waals surface area contributed by atoms with Gasteiger partial charge in [-0.15, -0.1) is 0 Å². The molecule has 1 aromatic carbocycles. The Balaban J connectivity index is 2.58. The second-order valence-corrected chi connectivity index (χ2v) is 6.82. The molecule has 1 aromatic rings. The molecule has 0 saturated carbocycles. The molecule has 0 aliphatic heterocycles. The van der Waals surface area contributed by atoms with Gasteiger partial charge in [-0.25, -0.2) is 0 Å². The van der Waals surface area contributed by atoms with Crippen molar-refractivity contribution in [1.82, 2.24) is 0 Å². The Morgan fingerprint density at radius 1 is 1.23 bits per heavy atom. The topological polar surface area (TPSA) is 26.3 Å². The number of carbonyl (C=O) groups is 1. The van der Waals surface area contributed by atoms with Gasteiger partial charge in [-0.3, -0.25) is 4.79 Å². The van der Waals surface area contributed by atoms with Crippen molar-refractivity contribution in [2.45, 2.75) is 66.7 Å². The Bertz CT molecular complexity index is 523. The zero-order valence-corrected chi connectivity index (χ0v) is 14.9. The normalized spacial score (nSPS) is 12.1. The van der Waals surface area contributed by atoms with E-state index in [1.165, 1.54) is 11.1 Å². The average Bonchev–Trinajstić information content (AvgIpc) is 2.40. The van der Waals surface area contributed by atoms with Crippen LogP contribution in [0.4, 0.5) is 0 Å². The van der Waals surface area contributed by atoms with Gasteiger partial charge in [0.05, 0.1) is 0 Å². The predicted octanol–water partition coefficient (Wildman–Crippen LogP) is 5.80. The van der Waals surface area contributed by atoms with Crippen molar-refractivity contribution in [2.75, 3.05) is 0 Å². The molecule has 0 bridgehead atoms. The van der Waals surface area contributed by atoms with Gasteiger partial charge in [0.2, 0.25) is 0 Å². The van der Waals surface area contributed by atoms with Crippen LogP contribution in [0.5, 0.6) is 5.75 Å². The summed E-state index contributed by atoms with van der Waals surface area (Å²) in [5.41, 5.74) is 3.54. The molecule has 0 fully saturated rings. The summed E-state index contributed by atoms with van der Waals surface area (Å²) >= 11 is 0. The number of hydrogen-bond donors (Lipinski definition) is 0. The largest absolute Gasteiger partial charge is 0.426 e. The van der Waals surface area contributed by atoms with Gasteiger partial charge in [0.15, 0.2) is 0 Å². The number of carbonyl (C=O) groups excluding carboxylic acids is 1. The van der Waals surface area contributed by atoms with Gasteiger partial charge in [0.1, 0.15) is 5.75 Å². The van der Waals surface area contributed by atoms with E-state index in [9.17, 15) is 4.79 Å². The Morgan fingerprint density at radius 3 is 2.50 bits per heavy atom. The SMILES string of the molecule is CC(C)=CCC[C@@H](C)CC(=O)Oc1cc(C(C)C)ccc1C. The summed E-state index contributed by atoms with van der Waals surface area (Å²) in [6, 6.07) is 6.11. The van der Waals surface area contributed by atoms with Gasteiger partial charge >= 0.3 is 5.97 Å². The van der Waals surface area contributed by atoms with Crippen LogP contribution in [0.3, 0.4) is 0 Å². The van der Waals surface area contributed by atoms with E-state index in [2.05, 4.69) is 46.8 Å². The smallest absolute Gasteiger partial charge is 0.311 e. The lowest BCUT2D eigenvalue weighted by Gasteiger charge is -2.13. The lowest BCUT2D eigenvalue weighted by Crippen LogP contribution is -2.13. The first-order valence-corrected chi connectivity index (χ1v) is 8.24. The highest BCUT2D eigenvalue weighted by Crippen LogP contribution is 2.25. The van der Waals surface area contributed by atoms with E-state index in [0.717, 1.165) is 18.4 Å². The fraction of sp³-hybridized carbons (Fsp3) is 0.550. The van der Waals surface area contributed by atoms with Gasteiger partial charge in [0, 0.05) is 6.42 Å². The standard InChI is InChI=1S/C20H30O2/c1-14(2)8-7-9-16(5)12-20(21)22-19-13-18(15(3)4)11-10-17(19)6/h8,10-11,13,15-16H,7,9,12H2,1-6H3/t16-/m1/s1. The molecule has 0 N–H and O–H groups in total. The molecule has 1 rings (SSSR count). The second kappa shape index (κ2) is 8.77. The summed E-state index contributed by atoms with van der Waals surface area (Å²) in [6.45, 7) is 12.6. The molecule has 122 valence electrons. The van der Waals surface area contributed by atoms with Crippen molar-refractivity contribution in [3.8, 4) is 5.75 Å². The minimum atomic E-state index is -0.131. The van der Waals surface area contributed by atoms with Crippen LogP contribution in [0.25, 0.3) is 0 Å². The summed E-state index contributed by atoms with van der Waals surface area (Å²) in [5.74, 6) is 1.35. The van der Waals surface area contributed by atoms with Crippen molar-refractivity contribution in [2.24, 2.45) is 5.92 Å². The molecule has 2 heteroatoms. The number of hydrogen-bond acceptors (Lipinski definition) is 2. The molecule has 22 heavy (non-hydrogen) atoms. The maximum atomic E-state index is 12.1. The fourth-order valence-electron chi connectivity index (χ4n) is 2.29. The zero-order valence-electron chi connectivity index (χ0n) is 14.9. The minimum absolute atomic E-state index is 0.131. The Morgan fingerprint density at radius 2 is 1.91 bits per heavy atom. The highest BCUT2D eigenvalue weighted by molar-refractivity contribution is 5.73. The van der Waals surface area contributed by atoms with E-state index in [-0.39, 0.29) is 5.97 Å². The number of aryl methyl sites for hydroxylation is 1. The predicted molar refractivity (Wildman–Crippen MR) is 93.3 cm³/mol. The van der Waals surface area contributed by atoms with Crippen LogP contribution in [0.1, 0.15) is 70.9 Å². The maximum absolute atomic E-state index is 12.1. The molecule has 0 heterocycles. The third kappa shape index (κ3) is 6.46. The van der Waals surface area contributed by atoms with Crippen molar-refractivity contribution >= 4 is 5.97 Å². The van der Waals surface area contributed by atoms with Crippen LogP contribution in [0.15, 0.2) is 29.8 Å². The molecule has 0 unspecified atom stereocenters. The first-order chi connectivity index (χ1) is 10.3. The van der Waals surface area contributed by atoms with Crippen LogP contribution in [0.2, 0.25) is 0 Å². The Hall–Kier alpha value is -1.57. The van der Waals surface area contributed by atoms with Crippen LogP contribution >= 0.6 is 0 Å². The molecule has 0 saturated heterocycles. The van der Waals surface area contributed by atoms with Crippen molar-refractivity contribution in [3.63, 3.8) is 0 Å². The summed E-state index contributed by atoms with van der Waals surface area (Å²) in [5, 5.41) is 0. The quantitative estimate of drug-likeness (QED) is 0.361. The number of allylic oxidation sites excluding steroid dienone is 2. The molecule has 0 radical (unpaired) electrons. The summed E-state index contributed by atoms with van der Waals surface area (Å²) in [7, 11) is 0.